The van der Waals surface area contributed by atoms with E-state index in [1.807, 2.05) is 0 Å². The fourth-order valence-corrected chi connectivity index (χ4v) is 5.82. The summed E-state index contributed by atoms with van der Waals surface area (Å²) in [6.07, 6.45) is 6.42. The number of aromatic hydroxyl groups is 1. The van der Waals surface area contributed by atoms with Gasteiger partial charge in [-0.15, -0.1) is 0 Å². The molecule has 4 rings (SSSR count). The zero-order valence-corrected chi connectivity index (χ0v) is 13.5. The first-order valence-electron chi connectivity index (χ1n) is 8.63. The number of methoxy groups -OCH3 is 1. The smallest absolute Gasteiger partial charge is 0.163 e. The van der Waals surface area contributed by atoms with E-state index in [0.717, 1.165) is 32.1 Å². The second kappa shape index (κ2) is 4.89. The number of ether oxygens (including phenoxy) is 1. The Hall–Kier alpha value is -1.22. The molecule has 2 fully saturated rings. The third-order valence-electron chi connectivity index (χ3n) is 6.99. The lowest BCUT2D eigenvalue weighted by Gasteiger charge is -2.50. The molecular formula is C19H26O3. The van der Waals surface area contributed by atoms with E-state index < -0.39 is 0 Å². The van der Waals surface area contributed by atoms with Gasteiger partial charge in [-0.05, 0) is 73.3 Å². The second-order valence-corrected chi connectivity index (χ2v) is 7.74. The van der Waals surface area contributed by atoms with Crippen molar-refractivity contribution in [3.05, 3.63) is 23.3 Å². The molecule has 5 atom stereocenters. The topological polar surface area (TPSA) is 49.7 Å². The Balaban J connectivity index is 1.74. The van der Waals surface area contributed by atoms with Gasteiger partial charge in [-0.1, -0.05) is 13.0 Å². The van der Waals surface area contributed by atoms with Crippen molar-refractivity contribution in [1.82, 2.24) is 0 Å². The highest BCUT2D eigenvalue weighted by Crippen LogP contribution is 2.61. The number of rotatable bonds is 1. The quantitative estimate of drug-likeness (QED) is 0.779. The van der Waals surface area contributed by atoms with E-state index in [0.29, 0.717) is 23.5 Å². The average molecular weight is 303 g/mol. The Morgan fingerprint density at radius 1 is 1.18 bits per heavy atom. The molecule has 3 nitrogen and oxygen atoms in total. The highest BCUT2D eigenvalue weighted by Gasteiger charge is 2.54. The van der Waals surface area contributed by atoms with E-state index in [4.69, 9.17) is 4.74 Å². The highest BCUT2D eigenvalue weighted by molar-refractivity contribution is 5.52. The van der Waals surface area contributed by atoms with Crippen LogP contribution >= 0.6 is 0 Å². The summed E-state index contributed by atoms with van der Waals surface area (Å²) in [5, 5.41) is 20.5. The monoisotopic (exact) mass is 303 g/mol. The van der Waals surface area contributed by atoms with Crippen LogP contribution in [0.5, 0.6) is 11.5 Å². The van der Waals surface area contributed by atoms with Crippen LogP contribution in [-0.4, -0.2) is 23.4 Å². The second-order valence-electron chi connectivity index (χ2n) is 7.74. The largest absolute Gasteiger partial charge is 0.504 e. The van der Waals surface area contributed by atoms with Gasteiger partial charge in [0.2, 0.25) is 0 Å². The van der Waals surface area contributed by atoms with Gasteiger partial charge >= 0.3 is 0 Å². The fourth-order valence-electron chi connectivity index (χ4n) is 5.82. The summed E-state index contributed by atoms with van der Waals surface area (Å²) < 4.78 is 5.46. The first kappa shape index (κ1) is 14.4. The van der Waals surface area contributed by atoms with Gasteiger partial charge in [0.25, 0.3) is 0 Å². The summed E-state index contributed by atoms with van der Waals surface area (Å²) in [6, 6.07) is 3.90. The zero-order valence-electron chi connectivity index (χ0n) is 13.5. The standard InChI is InChI=1S/C19H26O3/c1-19-10-9-12-11-5-7-16(20)18(22-2)14(11)4-3-13(12)15(19)6-8-17(19)21/h5,7,12-13,15,17,20-21H,3-4,6,8-10H2,1-2H3/t12-,13-,15+,17+,19+/m1/s1/i2+1. The summed E-state index contributed by atoms with van der Waals surface area (Å²) in [5.41, 5.74) is 2.72. The van der Waals surface area contributed by atoms with Gasteiger partial charge in [-0.3, -0.25) is 0 Å². The van der Waals surface area contributed by atoms with Gasteiger partial charge in [0, 0.05) is 5.56 Å². The maximum atomic E-state index is 10.4. The van der Waals surface area contributed by atoms with Crippen molar-refractivity contribution in [2.75, 3.05) is 7.11 Å². The van der Waals surface area contributed by atoms with E-state index in [-0.39, 0.29) is 17.3 Å². The molecule has 0 bridgehead atoms. The first-order valence-corrected chi connectivity index (χ1v) is 8.63. The Morgan fingerprint density at radius 3 is 2.77 bits per heavy atom. The maximum absolute atomic E-state index is 10.4. The van der Waals surface area contributed by atoms with Crippen LogP contribution in [-0.2, 0) is 6.42 Å². The molecule has 0 aromatic heterocycles. The lowest BCUT2D eigenvalue weighted by molar-refractivity contribution is -0.0227. The molecule has 0 amide bonds. The van der Waals surface area contributed by atoms with Crippen LogP contribution in [0.25, 0.3) is 0 Å². The van der Waals surface area contributed by atoms with Crippen molar-refractivity contribution >= 4 is 0 Å². The van der Waals surface area contributed by atoms with Crippen LogP contribution in [0, 0.1) is 17.3 Å². The van der Waals surface area contributed by atoms with Crippen LogP contribution in [0.4, 0.5) is 0 Å². The molecule has 3 aliphatic carbocycles. The molecule has 2 N–H and O–H groups in total. The number of aliphatic hydroxyl groups excluding tert-OH is 1. The Labute approximate surface area is 132 Å². The first-order chi connectivity index (χ1) is 10.6. The molecule has 120 valence electrons. The number of fused-ring (bicyclic) bond motifs is 5. The van der Waals surface area contributed by atoms with Crippen LogP contribution in [0.1, 0.15) is 56.1 Å². The van der Waals surface area contributed by atoms with Crippen LogP contribution in [0.15, 0.2) is 12.1 Å². The van der Waals surface area contributed by atoms with Gasteiger partial charge in [-0.2, -0.15) is 0 Å². The van der Waals surface area contributed by atoms with E-state index in [1.165, 1.54) is 17.5 Å². The molecular weight excluding hydrogens is 277 g/mol. The third-order valence-corrected chi connectivity index (χ3v) is 6.99. The van der Waals surface area contributed by atoms with Gasteiger partial charge in [0.15, 0.2) is 11.5 Å². The van der Waals surface area contributed by atoms with Crippen LogP contribution in [0.3, 0.4) is 0 Å². The summed E-state index contributed by atoms with van der Waals surface area (Å²) >= 11 is 0. The minimum absolute atomic E-state index is 0.116. The van der Waals surface area contributed by atoms with Crippen molar-refractivity contribution in [3.63, 3.8) is 0 Å². The molecule has 0 spiro atoms. The molecule has 2 saturated carbocycles. The average Bonchev–Trinajstić information content (AvgIpc) is 2.82. The molecule has 1 aromatic rings. The molecule has 3 heteroatoms. The predicted octanol–water partition coefficient (Wildman–Crippen LogP) is 3.62. The SMILES string of the molecule is C[C@]12CC[C@@H]3c4ccc(O)c(O[13CH3])c4CC[C@H]3[C@@H]1CC[C@@H]2O. The fraction of sp³-hybridized carbons (Fsp3) is 0.684. The minimum atomic E-state index is -0.116. The number of hydrogen-bond acceptors (Lipinski definition) is 3. The lowest BCUT2D eigenvalue weighted by Crippen LogP contribution is -2.43. The summed E-state index contributed by atoms with van der Waals surface area (Å²) in [6.45, 7) is 2.30. The summed E-state index contributed by atoms with van der Waals surface area (Å²) in [5.74, 6) is 2.83. The number of aliphatic hydroxyl groups is 1. The molecule has 0 saturated heterocycles. The molecule has 3 aliphatic rings. The third kappa shape index (κ3) is 1.78. The van der Waals surface area contributed by atoms with Gasteiger partial charge < -0.3 is 14.9 Å². The highest BCUT2D eigenvalue weighted by atomic mass is 16.5. The Morgan fingerprint density at radius 2 is 2.00 bits per heavy atom. The van der Waals surface area contributed by atoms with E-state index >= 15 is 0 Å². The maximum Gasteiger partial charge on any atom is 0.163 e. The van der Waals surface area contributed by atoms with Crippen LogP contribution in [0.2, 0.25) is 0 Å². The number of benzene rings is 1. The molecule has 0 radical (unpaired) electrons. The number of hydrogen-bond donors (Lipinski definition) is 2. The van der Waals surface area contributed by atoms with E-state index in [9.17, 15) is 10.2 Å². The van der Waals surface area contributed by atoms with Crippen molar-refractivity contribution in [1.29, 1.82) is 0 Å². The summed E-state index contributed by atoms with van der Waals surface area (Å²) in [4.78, 5) is 0. The van der Waals surface area contributed by atoms with E-state index in [2.05, 4.69) is 13.0 Å². The number of phenols is 1. The van der Waals surface area contributed by atoms with Crippen molar-refractivity contribution in [2.24, 2.45) is 17.3 Å². The molecule has 22 heavy (non-hydrogen) atoms. The van der Waals surface area contributed by atoms with E-state index in [1.54, 1.807) is 13.2 Å². The normalized spacial score (nSPS) is 39.8. The van der Waals surface area contributed by atoms with Crippen LogP contribution < -0.4 is 4.74 Å². The Bertz CT molecular complexity index is 597. The molecule has 0 unspecified atom stereocenters. The number of phenolic OH excluding ortho intramolecular Hbond substituents is 1. The lowest BCUT2D eigenvalue weighted by atomic mass is 9.55. The van der Waals surface area contributed by atoms with Crippen molar-refractivity contribution in [3.8, 4) is 11.5 Å². The molecule has 0 aliphatic heterocycles. The Kier molecular flexibility index (Phi) is 3.19. The van der Waals surface area contributed by atoms with Crippen molar-refractivity contribution in [2.45, 2.75) is 57.5 Å². The molecule has 0 heterocycles. The molecule has 1 aromatic carbocycles. The zero-order chi connectivity index (χ0) is 15.5. The van der Waals surface area contributed by atoms with Crippen molar-refractivity contribution < 1.29 is 14.9 Å². The predicted molar refractivity (Wildman–Crippen MR) is 85.3 cm³/mol. The minimum Gasteiger partial charge on any atom is -0.504 e. The van der Waals surface area contributed by atoms with Gasteiger partial charge in [0.05, 0.1) is 13.2 Å². The summed E-state index contributed by atoms with van der Waals surface area (Å²) in [7, 11) is 1.65. The van der Waals surface area contributed by atoms with Gasteiger partial charge in [-0.25, -0.2) is 0 Å². The van der Waals surface area contributed by atoms with Gasteiger partial charge in [0.1, 0.15) is 0 Å².